The first-order valence-electron chi connectivity index (χ1n) is 17.6. The van der Waals surface area contributed by atoms with Gasteiger partial charge in [-0.3, -0.25) is 0 Å². The molecule has 0 aliphatic heterocycles. The molecule has 3 heteroatoms. The molecule has 3 heterocycles. The molecule has 7 aromatic carbocycles. The number of benzene rings is 6. The lowest BCUT2D eigenvalue weighted by Gasteiger charge is -2.17. The van der Waals surface area contributed by atoms with E-state index in [0.29, 0.717) is 0 Å². The van der Waals surface area contributed by atoms with E-state index in [2.05, 4.69) is 179 Å². The second-order valence-corrected chi connectivity index (χ2v) is 14.5. The third-order valence-electron chi connectivity index (χ3n) is 10.6. The van der Waals surface area contributed by atoms with Gasteiger partial charge in [0.2, 0.25) is 0 Å². The number of hydrogen-bond donors (Lipinski definition) is 0. The average Bonchev–Trinajstić information content (AvgIpc) is 3.85. The standard InChI is InChI=1S/C48H30N2S/c1-2-13-33(14-3-1)49-41-20-8-5-16-35(41)39-29-31(25-27-44(39)49)32-26-28-45-40(30-32)36-17-6-10-22-43(36)50(45)42-21-9-4-15-34(42)37-19-12-24-47-48(37)38-18-7-11-23-46(38)51-47/h1-9,11,13-18,20-21,23-30H,10,22H2. The van der Waals surface area contributed by atoms with Gasteiger partial charge in [0.25, 0.3) is 0 Å². The van der Waals surface area contributed by atoms with Gasteiger partial charge in [0.1, 0.15) is 0 Å². The lowest BCUT2D eigenvalue weighted by atomic mass is 9.98. The summed E-state index contributed by atoms with van der Waals surface area (Å²) in [6, 6.07) is 60.0. The number of aromatic nitrogens is 2. The predicted molar refractivity (Wildman–Crippen MR) is 216 cm³/mol. The summed E-state index contributed by atoms with van der Waals surface area (Å²) in [5.74, 6) is 0. The summed E-state index contributed by atoms with van der Waals surface area (Å²) in [6.07, 6.45) is 6.70. The van der Waals surface area contributed by atoms with Crippen LogP contribution in [-0.4, -0.2) is 9.13 Å². The number of thiophene rings is 1. The minimum absolute atomic E-state index is 0.997. The van der Waals surface area contributed by atoms with Crippen LogP contribution >= 0.6 is 11.3 Å². The number of rotatable bonds is 4. The van der Waals surface area contributed by atoms with Gasteiger partial charge in [-0.25, -0.2) is 0 Å². The molecule has 1 aliphatic rings. The second kappa shape index (κ2) is 11.1. The Hall–Kier alpha value is -6.34. The van der Waals surface area contributed by atoms with E-state index in [0.717, 1.165) is 18.4 Å². The van der Waals surface area contributed by atoms with Crippen molar-refractivity contribution in [3.63, 3.8) is 0 Å². The molecule has 51 heavy (non-hydrogen) atoms. The topological polar surface area (TPSA) is 9.86 Å². The largest absolute Gasteiger partial charge is 0.312 e. The third-order valence-corrected chi connectivity index (χ3v) is 11.8. The molecular formula is C48H30N2S. The second-order valence-electron chi connectivity index (χ2n) is 13.4. The van der Waals surface area contributed by atoms with Gasteiger partial charge < -0.3 is 9.13 Å². The first-order chi connectivity index (χ1) is 25.3. The van der Waals surface area contributed by atoms with Crippen LogP contribution in [0.2, 0.25) is 0 Å². The van der Waals surface area contributed by atoms with E-state index >= 15 is 0 Å². The average molecular weight is 667 g/mol. The lowest BCUT2D eigenvalue weighted by molar-refractivity contribution is 0.889. The van der Waals surface area contributed by atoms with Gasteiger partial charge in [0.05, 0.1) is 22.2 Å². The maximum absolute atomic E-state index is 3.56. The maximum atomic E-state index is 3.56. The molecule has 1 aliphatic carbocycles. The zero-order chi connectivity index (χ0) is 33.5. The monoisotopic (exact) mass is 666 g/mol. The zero-order valence-corrected chi connectivity index (χ0v) is 28.5. The third kappa shape index (κ3) is 4.24. The molecule has 238 valence electrons. The van der Waals surface area contributed by atoms with E-state index in [1.54, 1.807) is 0 Å². The van der Waals surface area contributed by atoms with E-state index in [1.807, 2.05) is 11.3 Å². The number of fused-ring (bicyclic) bond motifs is 9. The maximum Gasteiger partial charge on any atom is 0.0544 e. The fraction of sp³-hybridized carbons (Fsp3) is 0.0417. The molecule has 2 nitrogen and oxygen atoms in total. The fourth-order valence-corrected chi connectivity index (χ4v) is 9.52. The van der Waals surface area contributed by atoms with Crippen LogP contribution in [-0.2, 0) is 6.42 Å². The van der Waals surface area contributed by atoms with Gasteiger partial charge in [-0.2, -0.15) is 0 Å². The molecule has 0 N–H and O–H groups in total. The molecule has 0 radical (unpaired) electrons. The van der Waals surface area contributed by atoms with Gasteiger partial charge in [0.15, 0.2) is 0 Å². The van der Waals surface area contributed by atoms with E-state index < -0.39 is 0 Å². The van der Waals surface area contributed by atoms with Crippen molar-refractivity contribution < 1.29 is 0 Å². The van der Waals surface area contributed by atoms with E-state index in [1.165, 1.54) is 92.2 Å². The Morgan fingerprint density at radius 1 is 0.569 bits per heavy atom. The van der Waals surface area contributed by atoms with E-state index in [4.69, 9.17) is 0 Å². The van der Waals surface area contributed by atoms with Crippen molar-refractivity contribution >= 4 is 70.3 Å². The highest BCUT2D eigenvalue weighted by molar-refractivity contribution is 7.25. The molecule has 0 unspecified atom stereocenters. The zero-order valence-electron chi connectivity index (χ0n) is 27.7. The summed E-state index contributed by atoms with van der Waals surface area (Å²) in [4.78, 5) is 0. The SMILES string of the molecule is c1cc2sc3ccccc3c2c(-c2ccccc2-n2c3c(c4cc(-c5ccc6c(c5)c5ccccc5n6-c5ccccc5)ccc42)C=CCC3)c#1. The van der Waals surface area contributed by atoms with Crippen molar-refractivity contribution in [2.24, 2.45) is 0 Å². The molecule has 0 spiro atoms. The van der Waals surface area contributed by atoms with Crippen molar-refractivity contribution in [1.29, 1.82) is 0 Å². The Labute approximate surface area is 299 Å². The van der Waals surface area contributed by atoms with Gasteiger partial charge >= 0.3 is 0 Å². The Morgan fingerprint density at radius 3 is 2.16 bits per heavy atom. The first-order valence-corrected chi connectivity index (χ1v) is 18.4. The lowest BCUT2D eigenvalue weighted by Crippen LogP contribution is -2.04. The highest BCUT2D eigenvalue weighted by Gasteiger charge is 2.23. The van der Waals surface area contributed by atoms with E-state index in [9.17, 15) is 0 Å². The summed E-state index contributed by atoms with van der Waals surface area (Å²) in [5.41, 5.74) is 13.5. The number of allylic oxidation sites excluding steroid dienone is 1. The van der Waals surface area contributed by atoms with Crippen LogP contribution in [0.1, 0.15) is 17.7 Å². The van der Waals surface area contributed by atoms with Crippen molar-refractivity contribution in [3.8, 4) is 33.6 Å². The van der Waals surface area contributed by atoms with Gasteiger partial charge in [0, 0.05) is 70.5 Å². The van der Waals surface area contributed by atoms with Crippen LogP contribution in [0.15, 0.2) is 152 Å². The van der Waals surface area contributed by atoms with Crippen molar-refractivity contribution in [2.45, 2.75) is 12.8 Å². The van der Waals surface area contributed by atoms with Crippen LogP contribution in [0.5, 0.6) is 0 Å². The smallest absolute Gasteiger partial charge is 0.0544 e. The quantitative estimate of drug-likeness (QED) is 0.177. The van der Waals surface area contributed by atoms with Crippen LogP contribution in [0.25, 0.3) is 92.6 Å². The normalized spacial score (nSPS) is 12.7. The molecule has 0 fully saturated rings. The number of para-hydroxylation sites is 3. The van der Waals surface area contributed by atoms with Crippen LogP contribution in [0.4, 0.5) is 0 Å². The van der Waals surface area contributed by atoms with Crippen LogP contribution < -0.4 is 0 Å². The Balaban J connectivity index is 1.11. The molecular weight excluding hydrogens is 637 g/mol. The minimum atomic E-state index is 0.997. The molecule has 0 atom stereocenters. The van der Waals surface area contributed by atoms with Gasteiger partial charge in [-0.15, -0.1) is 11.3 Å². The fourth-order valence-electron chi connectivity index (χ4n) is 8.43. The van der Waals surface area contributed by atoms with Crippen molar-refractivity contribution in [1.82, 2.24) is 9.13 Å². The molecule has 11 rings (SSSR count). The highest BCUT2D eigenvalue weighted by atomic mass is 32.1. The molecule has 0 bridgehead atoms. The Bertz CT molecular complexity index is 3020. The predicted octanol–water partition coefficient (Wildman–Crippen LogP) is 13.0. The number of nitrogens with zero attached hydrogens (tertiary/aromatic N) is 2. The summed E-state index contributed by atoms with van der Waals surface area (Å²) in [6.45, 7) is 0. The summed E-state index contributed by atoms with van der Waals surface area (Å²) in [5, 5.41) is 6.37. The van der Waals surface area contributed by atoms with Gasteiger partial charge in [-0.1, -0.05) is 109 Å². The molecule has 0 saturated heterocycles. The molecule has 0 saturated carbocycles. The molecule has 3 aromatic heterocycles. The molecule has 0 amide bonds. The highest BCUT2D eigenvalue weighted by Crippen LogP contribution is 2.43. The minimum Gasteiger partial charge on any atom is -0.312 e. The summed E-state index contributed by atoms with van der Waals surface area (Å²) in [7, 11) is 0. The number of hydrogen-bond acceptors (Lipinski definition) is 1. The van der Waals surface area contributed by atoms with Crippen LogP contribution in [0, 0.1) is 12.1 Å². The van der Waals surface area contributed by atoms with Gasteiger partial charge in [-0.05, 0) is 78.6 Å². The van der Waals surface area contributed by atoms with Crippen molar-refractivity contribution in [3.05, 3.63) is 175 Å². The van der Waals surface area contributed by atoms with Crippen molar-refractivity contribution in [2.75, 3.05) is 0 Å². The van der Waals surface area contributed by atoms with E-state index in [-0.39, 0.29) is 0 Å². The first kappa shape index (κ1) is 28.5. The molecule has 10 aromatic rings. The Kier molecular flexibility index (Phi) is 6.19. The summed E-state index contributed by atoms with van der Waals surface area (Å²) < 4.78 is 7.44. The summed E-state index contributed by atoms with van der Waals surface area (Å²) >= 11 is 1.83. The van der Waals surface area contributed by atoms with Crippen LogP contribution in [0.3, 0.4) is 0 Å². The Morgan fingerprint density at radius 2 is 1.27 bits per heavy atom.